The number of hydrogen-bond donors (Lipinski definition) is 1. The van der Waals surface area contributed by atoms with Gasteiger partial charge in [0.05, 0.1) is 0 Å². The summed E-state index contributed by atoms with van der Waals surface area (Å²) in [6.45, 7) is 2.52. The molecule has 4 heteroatoms. The van der Waals surface area contributed by atoms with E-state index in [4.69, 9.17) is 5.11 Å². The van der Waals surface area contributed by atoms with E-state index in [0.717, 1.165) is 24.3 Å². The topological polar surface area (TPSA) is 57.6 Å². The third-order valence-electron chi connectivity index (χ3n) is 2.15. The van der Waals surface area contributed by atoms with Crippen LogP contribution in [0, 0.1) is 0 Å². The van der Waals surface area contributed by atoms with Gasteiger partial charge in [0, 0.05) is 24.4 Å². The SMILES string of the molecule is CCCN(C(=O)C=CC(=O)O)c1ccccc1. The smallest absolute Gasteiger partial charge is 0.328 e. The Balaban J connectivity index is 2.86. The number of carbonyl (C=O) groups is 2. The number of hydrogen-bond acceptors (Lipinski definition) is 2. The van der Waals surface area contributed by atoms with Gasteiger partial charge in [0.2, 0.25) is 0 Å². The van der Waals surface area contributed by atoms with Crippen LogP contribution >= 0.6 is 0 Å². The fourth-order valence-corrected chi connectivity index (χ4v) is 1.43. The van der Waals surface area contributed by atoms with Gasteiger partial charge in [-0.2, -0.15) is 0 Å². The Morgan fingerprint density at radius 3 is 2.41 bits per heavy atom. The molecule has 4 nitrogen and oxygen atoms in total. The van der Waals surface area contributed by atoms with Crippen LogP contribution in [0.1, 0.15) is 13.3 Å². The van der Waals surface area contributed by atoms with Crippen molar-refractivity contribution in [2.24, 2.45) is 0 Å². The summed E-state index contributed by atoms with van der Waals surface area (Å²) in [7, 11) is 0. The molecule has 0 unspecified atom stereocenters. The van der Waals surface area contributed by atoms with Gasteiger partial charge in [-0.3, -0.25) is 4.79 Å². The van der Waals surface area contributed by atoms with E-state index in [2.05, 4.69) is 0 Å². The largest absolute Gasteiger partial charge is 0.478 e. The second kappa shape index (κ2) is 6.48. The van der Waals surface area contributed by atoms with Crippen molar-refractivity contribution in [3.63, 3.8) is 0 Å². The normalized spacial score (nSPS) is 10.4. The molecule has 0 fully saturated rings. The van der Waals surface area contributed by atoms with Crippen molar-refractivity contribution in [2.75, 3.05) is 11.4 Å². The molecule has 0 aliphatic carbocycles. The molecule has 1 aromatic rings. The van der Waals surface area contributed by atoms with Crippen LogP contribution in [0.2, 0.25) is 0 Å². The number of carboxylic acids is 1. The number of benzene rings is 1. The molecular weight excluding hydrogens is 218 g/mol. The van der Waals surface area contributed by atoms with E-state index in [1.807, 2.05) is 37.3 Å². The molecule has 0 saturated heterocycles. The van der Waals surface area contributed by atoms with Crippen LogP contribution in [-0.4, -0.2) is 23.5 Å². The lowest BCUT2D eigenvalue weighted by Gasteiger charge is -2.20. The summed E-state index contributed by atoms with van der Waals surface area (Å²) < 4.78 is 0. The molecule has 0 heterocycles. The Labute approximate surface area is 100 Å². The Morgan fingerprint density at radius 2 is 1.88 bits per heavy atom. The van der Waals surface area contributed by atoms with Crippen molar-refractivity contribution in [2.45, 2.75) is 13.3 Å². The molecule has 0 aliphatic heterocycles. The molecule has 90 valence electrons. The lowest BCUT2D eigenvalue weighted by molar-refractivity contribution is -0.131. The second-order valence-electron chi connectivity index (χ2n) is 3.50. The predicted molar refractivity (Wildman–Crippen MR) is 65.9 cm³/mol. The van der Waals surface area contributed by atoms with Crippen LogP contribution in [0.4, 0.5) is 5.69 Å². The third-order valence-corrected chi connectivity index (χ3v) is 2.15. The van der Waals surface area contributed by atoms with Gasteiger partial charge < -0.3 is 10.0 Å². The van der Waals surface area contributed by atoms with E-state index in [0.29, 0.717) is 6.54 Å². The van der Waals surface area contributed by atoms with E-state index in [1.54, 1.807) is 4.90 Å². The van der Waals surface area contributed by atoms with Gasteiger partial charge in [-0.05, 0) is 18.6 Å². The van der Waals surface area contributed by atoms with Crippen molar-refractivity contribution in [3.8, 4) is 0 Å². The first kappa shape index (κ1) is 13.0. The van der Waals surface area contributed by atoms with Crippen LogP contribution in [0.15, 0.2) is 42.5 Å². The van der Waals surface area contributed by atoms with E-state index < -0.39 is 5.97 Å². The first-order valence-corrected chi connectivity index (χ1v) is 5.42. The Bertz CT molecular complexity index is 412. The summed E-state index contributed by atoms with van der Waals surface area (Å²) >= 11 is 0. The Morgan fingerprint density at radius 1 is 1.24 bits per heavy atom. The zero-order valence-electron chi connectivity index (χ0n) is 9.67. The number of carboxylic acid groups (broad SMARTS) is 1. The molecule has 1 rings (SSSR count). The molecule has 1 amide bonds. The standard InChI is InChI=1S/C13H15NO3/c1-2-10-14(11-6-4-3-5-7-11)12(15)8-9-13(16)17/h3-9H,2,10H2,1H3,(H,16,17). The minimum Gasteiger partial charge on any atom is -0.478 e. The van der Waals surface area contributed by atoms with E-state index >= 15 is 0 Å². The highest BCUT2D eigenvalue weighted by molar-refractivity contribution is 6.03. The average Bonchev–Trinajstić information content (AvgIpc) is 2.34. The first-order valence-electron chi connectivity index (χ1n) is 5.42. The number of aliphatic carboxylic acids is 1. The summed E-state index contributed by atoms with van der Waals surface area (Å²) in [5.74, 6) is -1.44. The lowest BCUT2D eigenvalue weighted by Crippen LogP contribution is -2.30. The van der Waals surface area contributed by atoms with Crippen molar-refractivity contribution >= 4 is 17.6 Å². The van der Waals surface area contributed by atoms with Gasteiger partial charge in [0.15, 0.2) is 0 Å². The molecule has 0 spiro atoms. The Kier molecular flexibility index (Phi) is 4.94. The number of rotatable bonds is 5. The van der Waals surface area contributed by atoms with Crippen LogP contribution in [0.3, 0.4) is 0 Å². The number of nitrogens with zero attached hydrogens (tertiary/aromatic N) is 1. The van der Waals surface area contributed by atoms with Crippen molar-refractivity contribution in [1.29, 1.82) is 0 Å². The number of carbonyl (C=O) groups excluding carboxylic acids is 1. The lowest BCUT2D eigenvalue weighted by atomic mass is 10.2. The van der Waals surface area contributed by atoms with E-state index in [1.165, 1.54) is 0 Å². The molecule has 0 aromatic heterocycles. The average molecular weight is 233 g/mol. The number of amides is 1. The summed E-state index contributed by atoms with van der Waals surface area (Å²) in [5, 5.41) is 8.49. The van der Waals surface area contributed by atoms with Gasteiger partial charge in [-0.15, -0.1) is 0 Å². The molecule has 0 saturated carbocycles. The monoisotopic (exact) mass is 233 g/mol. The predicted octanol–water partition coefficient (Wildman–Crippen LogP) is 2.07. The maximum absolute atomic E-state index is 11.8. The fourth-order valence-electron chi connectivity index (χ4n) is 1.43. The maximum Gasteiger partial charge on any atom is 0.328 e. The van der Waals surface area contributed by atoms with E-state index in [-0.39, 0.29) is 5.91 Å². The fraction of sp³-hybridized carbons (Fsp3) is 0.231. The summed E-state index contributed by atoms with van der Waals surface area (Å²) in [4.78, 5) is 23.7. The minimum atomic E-state index is -1.12. The quantitative estimate of drug-likeness (QED) is 0.792. The highest BCUT2D eigenvalue weighted by atomic mass is 16.4. The van der Waals surface area contributed by atoms with Gasteiger partial charge in [-0.25, -0.2) is 4.79 Å². The van der Waals surface area contributed by atoms with Crippen LogP contribution in [0.5, 0.6) is 0 Å². The molecule has 0 radical (unpaired) electrons. The van der Waals surface area contributed by atoms with Gasteiger partial charge >= 0.3 is 5.97 Å². The van der Waals surface area contributed by atoms with Crippen molar-refractivity contribution < 1.29 is 14.7 Å². The zero-order valence-corrected chi connectivity index (χ0v) is 9.67. The molecule has 0 atom stereocenters. The number of para-hydroxylation sites is 1. The summed E-state index contributed by atoms with van der Waals surface area (Å²) in [6, 6.07) is 9.19. The number of anilines is 1. The van der Waals surface area contributed by atoms with Crippen LogP contribution in [0.25, 0.3) is 0 Å². The van der Waals surface area contributed by atoms with E-state index in [9.17, 15) is 9.59 Å². The van der Waals surface area contributed by atoms with Gasteiger partial charge in [0.25, 0.3) is 5.91 Å². The first-order chi connectivity index (χ1) is 8.15. The summed E-state index contributed by atoms with van der Waals surface area (Å²) in [6.07, 6.45) is 2.74. The van der Waals surface area contributed by atoms with Crippen LogP contribution in [-0.2, 0) is 9.59 Å². The van der Waals surface area contributed by atoms with Gasteiger partial charge in [0.1, 0.15) is 0 Å². The molecule has 1 aromatic carbocycles. The molecule has 1 N–H and O–H groups in total. The maximum atomic E-state index is 11.8. The molecular formula is C13H15NO3. The third kappa shape index (κ3) is 4.10. The highest BCUT2D eigenvalue weighted by Gasteiger charge is 2.11. The van der Waals surface area contributed by atoms with Gasteiger partial charge in [-0.1, -0.05) is 25.1 Å². The minimum absolute atomic E-state index is 0.319. The van der Waals surface area contributed by atoms with Crippen molar-refractivity contribution in [3.05, 3.63) is 42.5 Å². The second-order valence-corrected chi connectivity index (χ2v) is 3.50. The van der Waals surface area contributed by atoms with Crippen LogP contribution < -0.4 is 4.90 Å². The molecule has 17 heavy (non-hydrogen) atoms. The molecule has 0 bridgehead atoms. The molecule has 0 aliphatic rings. The highest BCUT2D eigenvalue weighted by Crippen LogP contribution is 2.14. The van der Waals surface area contributed by atoms with Crippen molar-refractivity contribution in [1.82, 2.24) is 0 Å². The zero-order chi connectivity index (χ0) is 12.7. The Hall–Kier alpha value is -2.10. The summed E-state index contributed by atoms with van der Waals surface area (Å²) in [5.41, 5.74) is 0.773.